The van der Waals surface area contributed by atoms with Crippen molar-refractivity contribution >= 4 is 5.91 Å². The fourth-order valence-corrected chi connectivity index (χ4v) is 2.00. The van der Waals surface area contributed by atoms with Gasteiger partial charge in [0.05, 0.1) is 11.9 Å². The number of nitrogens with zero attached hydrogens (tertiary/aromatic N) is 5. The van der Waals surface area contributed by atoms with Crippen molar-refractivity contribution in [1.82, 2.24) is 24.5 Å². The van der Waals surface area contributed by atoms with Gasteiger partial charge in [-0.25, -0.2) is 0 Å². The molecule has 0 aliphatic rings. The van der Waals surface area contributed by atoms with Crippen LogP contribution in [0.1, 0.15) is 17.0 Å². The topological polar surface area (TPSA) is 56.0 Å². The van der Waals surface area contributed by atoms with Crippen molar-refractivity contribution in [2.45, 2.75) is 26.9 Å². The lowest BCUT2D eigenvalue weighted by atomic mass is 10.3. The molecule has 0 radical (unpaired) electrons. The molecule has 6 heteroatoms. The van der Waals surface area contributed by atoms with E-state index in [1.54, 1.807) is 27.5 Å². The highest BCUT2D eigenvalue weighted by molar-refractivity contribution is 5.75. The van der Waals surface area contributed by atoms with Gasteiger partial charge in [0.2, 0.25) is 5.91 Å². The van der Waals surface area contributed by atoms with Crippen molar-refractivity contribution in [3.8, 4) is 0 Å². The van der Waals surface area contributed by atoms with E-state index in [0.717, 1.165) is 17.0 Å². The van der Waals surface area contributed by atoms with Crippen LogP contribution in [0.4, 0.5) is 0 Å². The Kier molecular flexibility index (Phi) is 3.69. The molecule has 6 nitrogen and oxygen atoms in total. The van der Waals surface area contributed by atoms with E-state index in [2.05, 4.69) is 10.2 Å². The minimum absolute atomic E-state index is 0.0371. The highest BCUT2D eigenvalue weighted by Crippen LogP contribution is 2.05. The molecule has 2 aromatic heterocycles. The fraction of sp³-hybridized carbons (Fsp3) is 0.462. The van der Waals surface area contributed by atoms with Gasteiger partial charge in [0.1, 0.15) is 6.54 Å². The molecule has 1 amide bonds. The standard InChI is InChI=1S/C13H19N5O/c1-10-5-11(2)18(15-10)9-13(19)16(3)7-12-6-14-17(4)8-12/h5-6,8H,7,9H2,1-4H3. The molecule has 0 atom stereocenters. The molecule has 2 heterocycles. The summed E-state index contributed by atoms with van der Waals surface area (Å²) in [6.45, 7) is 4.71. The van der Waals surface area contributed by atoms with Gasteiger partial charge < -0.3 is 4.90 Å². The van der Waals surface area contributed by atoms with Crippen molar-refractivity contribution < 1.29 is 4.79 Å². The molecule has 0 spiro atoms. The maximum atomic E-state index is 12.1. The van der Waals surface area contributed by atoms with E-state index in [9.17, 15) is 4.79 Å². The molecule has 0 saturated carbocycles. The molecule has 0 saturated heterocycles. The molecular weight excluding hydrogens is 242 g/mol. The average Bonchev–Trinajstić information content (AvgIpc) is 2.85. The van der Waals surface area contributed by atoms with Gasteiger partial charge in [-0.3, -0.25) is 14.2 Å². The number of likely N-dealkylation sites (N-methyl/N-ethyl adjacent to an activating group) is 1. The summed E-state index contributed by atoms with van der Waals surface area (Å²) < 4.78 is 3.46. The summed E-state index contributed by atoms with van der Waals surface area (Å²) in [6, 6.07) is 1.97. The second-order valence-electron chi connectivity index (χ2n) is 4.86. The van der Waals surface area contributed by atoms with Gasteiger partial charge in [0.15, 0.2) is 0 Å². The first kappa shape index (κ1) is 13.3. The van der Waals surface area contributed by atoms with Gasteiger partial charge in [-0.05, 0) is 19.9 Å². The van der Waals surface area contributed by atoms with Gasteiger partial charge in [-0.2, -0.15) is 10.2 Å². The number of hydrogen-bond donors (Lipinski definition) is 0. The van der Waals surface area contributed by atoms with E-state index in [1.165, 1.54) is 0 Å². The SMILES string of the molecule is Cc1cc(C)n(CC(=O)N(C)Cc2cnn(C)c2)n1. The number of aromatic nitrogens is 4. The second kappa shape index (κ2) is 5.26. The van der Waals surface area contributed by atoms with E-state index < -0.39 is 0 Å². The maximum Gasteiger partial charge on any atom is 0.244 e. The van der Waals surface area contributed by atoms with Crippen molar-refractivity contribution in [1.29, 1.82) is 0 Å². The second-order valence-corrected chi connectivity index (χ2v) is 4.86. The van der Waals surface area contributed by atoms with Gasteiger partial charge in [-0.15, -0.1) is 0 Å². The molecule has 19 heavy (non-hydrogen) atoms. The van der Waals surface area contributed by atoms with E-state index in [1.807, 2.05) is 33.2 Å². The molecule has 102 valence electrons. The highest BCUT2D eigenvalue weighted by atomic mass is 16.2. The molecule has 0 aromatic carbocycles. The largest absolute Gasteiger partial charge is 0.340 e. The first-order valence-electron chi connectivity index (χ1n) is 6.18. The van der Waals surface area contributed by atoms with Crippen LogP contribution in [0.3, 0.4) is 0 Å². The maximum absolute atomic E-state index is 12.1. The Morgan fingerprint density at radius 3 is 2.68 bits per heavy atom. The Bertz CT molecular complexity index is 584. The zero-order valence-electron chi connectivity index (χ0n) is 11.8. The van der Waals surface area contributed by atoms with Crippen LogP contribution in [0.25, 0.3) is 0 Å². The van der Waals surface area contributed by atoms with Crippen LogP contribution < -0.4 is 0 Å². The van der Waals surface area contributed by atoms with Crippen LogP contribution in [0, 0.1) is 13.8 Å². The number of amides is 1. The summed E-state index contributed by atoms with van der Waals surface area (Å²) in [5.74, 6) is 0.0371. The van der Waals surface area contributed by atoms with Crippen LogP contribution >= 0.6 is 0 Å². The third-order valence-electron chi connectivity index (χ3n) is 2.99. The average molecular weight is 261 g/mol. The van der Waals surface area contributed by atoms with E-state index in [4.69, 9.17) is 0 Å². The van der Waals surface area contributed by atoms with Crippen LogP contribution in [0.2, 0.25) is 0 Å². The Hall–Kier alpha value is -2.11. The van der Waals surface area contributed by atoms with Crippen LogP contribution in [0.15, 0.2) is 18.5 Å². The van der Waals surface area contributed by atoms with E-state index >= 15 is 0 Å². The Balaban J connectivity index is 1.97. The normalized spacial score (nSPS) is 10.7. The first-order chi connectivity index (χ1) is 8.95. The van der Waals surface area contributed by atoms with Crippen LogP contribution in [-0.4, -0.2) is 37.4 Å². The predicted molar refractivity (Wildman–Crippen MR) is 71.4 cm³/mol. The molecule has 0 bridgehead atoms. The monoisotopic (exact) mass is 261 g/mol. The molecule has 0 fully saturated rings. The van der Waals surface area contributed by atoms with Crippen LogP contribution in [0.5, 0.6) is 0 Å². The predicted octanol–water partition coefficient (Wildman–Crippen LogP) is 0.892. The number of hydrogen-bond acceptors (Lipinski definition) is 3. The number of rotatable bonds is 4. The van der Waals surface area contributed by atoms with Crippen molar-refractivity contribution in [2.75, 3.05) is 7.05 Å². The van der Waals surface area contributed by atoms with Gasteiger partial charge in [0, 0.05) is 38.1 Å². The molecule has 2 aromatic rings. The molecular formula is C13H19N5O. The first-order valence-corrected chi connectivity index (χ1v) is 6.18. The van der Waals surface area contributed by atoms with Crippen molar-refractivity contribution in [3.63, 3.8) is 0 Å². The number of aryl methyl sites for hydroxylation is 3. The Morgan fingerprint density at radius 2 is 2.16 bits per heavy atom. The Morgan fingerprint density at radius 1 is 1.42 bits per heavy atom. The molecule has 0 aliphatic carbocycles. The molecule has 2 rings (SSSR count). The zero-order chi connectivity index (χ0) is 14.0. The van der Waals surface area contributed by atoms with Crippen molar-refractivity contribution in [3.05, 3.63) is 35.4 Å². The quantitative estimate of drug-likeness (QED) is 0.821. The fourth-order valence-electron chi connectivity index (χ4n) is 2.00. The number of carbonyl (C=O) groups is 1. The Labute approximate surface area is 112 Å². The summed E-state index contributed by atoms with van der Waals surface area (Å²) >= 11 is 0. The van der Waals surface area contributed by atoms with E-state index in [0.29, 0.717) is 6.54 Å². The summed E-state index contributed by atoms with van der Waals surface area (Å²) in [5.41, 5.74) is 2.95. The summed E-state index contributed by atoms with van der Waals surface area (Å²) in [4.78, 5) is 13.8. The summed E-state index contributed by atoms with van der Waals surface area (Å²) in [7, 11) is 3.65. The molecule has 0 N–H and O–H groups in total. The minimum Gasteiger partial charge on any atom is -0.340 e. The lowest BCUT2D eigenvalue weighted by Gasteiger charge is -2.16. The van der Waals surface area contributed by atoms with Crippen LogP contribution in [-0.2, 0) is 24.9 Å². The lowest BCUT2D eigenvalue weighted by Crippen LogP contribution is -2.30. The summed E-state index contributed by atoms with van der Waals surface area (Å²) in [5, 5.41) is 8.39. The molecule has 0 unspecified atom stereocenters. The number of carbonyl (C=O) groups excluding carboxylic acids is 1. The zero-order valence-corrected chi connectivity index (χ0v) is 11.8. The highest BCUT2D eigenvalue weighted by Gasteiger charge is 2.12. The molecule has 0 aliphatic heterocycles. The summed E-state index contributed by atoms with van der Waals surface area (Å²) in [6.07, 6.45) is 3.68. The van der Waals surface area contributed by atoms with Gasteiger partial charge in [0.25, 0.3) is 0 Å². The third-order valence-corrected chi connectivity index (χ3v) is 2.99. The van der Waals surface area contributed by atoms with E-state index in [-0.39, 0.29) is 12.5 Å². The van der Waals surface area contributed by atoms with Gasteiger partial charge >= 0.3 is 0 Å². The third kappa shape index (κ3) is 3.21. The smallest absolute Gasteiger partial charge is 0.244 e. The lowest BCUT2D eigenvalue weighted by molar-refractivity contribution is -0.131. The minimum atomic E-state index is 0.0371. The van der Waals surface area contributed by atoms with Crippen molar-refractivity contribution in [2.24, 2.45) is 7.05 Å². The van der Waals surface area contributed by atoms with Gasteiger partial charge in [-0.1, -0.05) is 0 Å².